The fourth-order valence-electron chi connectivity index (χ4n) is 1.49. The first-order valence-corrected chi connectivity index (χ1v) is 4.68. The highest BCUT2D eigenvalue weighted by molar-refractivity contribution is 5.70. The largest absolute Gasteiger partial charge is 0.477 e. The maximum absolute atomic E-state index is 10.6. The summed E-state index contributed by atoms with van der Waals surface area (Å²) >= 11 is 0. The molecule has 0 unspecified atom stereocenters. The van der Waals surface area contributed by atoms with E-state index in [2.05, 4.69) is 10.6 Å². The summed E-state index contributed by atoms with van der Waals surface area (Å²) in [5.41, 5.74) is 0. The lowest BCUT2D eigenvalue weighted by Gasteiger charge is -2.25. The van der Waals surface area contributed by atoms with E-state index in [9.17, 15) is 8.78 Å². The molecule has 0 aliphatic carbocycles. The number of morpholine rings is 1. The van der Waals surface area contributed by atoms with E-state index in [1.54, 1.807) is 0 Å². The molecule has 0 amide bonds. The van der Waals surface area contributed by atoms with Crippen LogP contribution in [-0.2, 0) is 9.53 Å². The van der Waals surface area contributed by atoms with Gasteiger partial charge in [-0.3, -0.25) is 0 Å². The van der Waals surface area contributed by atoms with Crippen molar-refractivity contribution in [1.82, 2.24) is 10.6 Å². The van der Waals surface area contributed by atoms with Crippen molar-refractivity contribution in [3.05, 3.63) is 0 Å². The van der Waals surface area contributed by atoms with Gasteiger partial charge in [0.25, 0.3) is 0 Å². The fourth-order valence-corrected chi connectivity index (χ4v) is 1.49. The summed E-state index contributed by atoms with van der Waals surface area (Å²) in [4.78, 5) is 8.95. The third-order valence-electron chi connectivity index (χ3n) is 2.19. The van der Waals surface area contributed by atoms with Crippen molar-refractivity contribution in [2.45, 2.75) is 18.6 Å². The summed E-state index contributed by atoms with van der Waals surface area (Å²) in [5.74, 6) is -2.07. The van der Waals surface area contributed by atoms with Crippen molar-refractivity contribution in [3.8, 4) is 0 Å². The van der Waals surface area contributed by atoms with E-state index in [-0.39, 0.29) is 0 Å². The topological polar surface area (TPSA) is 70.6 Å². The predicted molar refractivity (Wildman–Crippen MR) is 48.0 cm³/mol. The third kappa shape index (κ3) is 4.06. The number of carboxylic acids is 1. The quantitative estimate of drug-likeness (QED) is 0.548. The Labute approximate surface area is 85.8 Å². The first-order valence-electron chi connectivity index (χ1n) is 4.68. The van der Waals surface area contributed by atoms with E-state index in [0.29, 0.717) is 12.1 Å². The lowest BCUT2D eigenvalue weighted by Crippen LogP contribution is -2.47. The van der Waals surface area contributed by atoms with Crippen LogP contribution in [0.1, 0.15) is 0 Å². The van der Waals surface area contributed by atoms with Crippen molar-refractivity contribution in [2.75, 3.05) is 26.2 Å². The molecular formula is C8H14F2N2O3. The maximum atomic E-state index is 10.6. The van der Waals surface area contributed by atoms with Crippen molar-refractivity contribution >= 4 is 5.97 Å². The van der Waals surface area contributed by atoms with Crippen LogP contribution in [0.3, 0.4) is 0 Å². The lowest BCUT2D eigenvalue weighted by molar-refractivity contribution is -0.149. The zero-order chi connectivity index (χ0) is 11.3. The zero-order valence-corrected chi connectivity index (χ0v) is 8.08. The Morgan fingerprint density at radius 2 is 2.13 bits per heavy atom. The Morgan fingerprint density at radius 3 is 2.67 bits per heavy atom. The second-order valence-corrected chi connectivity index (χ2v) is 3.27. The Morgan fingerprint density at radius 1 is 1.47 bits per heavy atom. The first kappa shape index (κ1) is 12.3. The molecule has 88 valence electrons. The average Bonchev–Trinajstić information content (AvgIpc) is 2.66. The molecule has 2 heterocycles. The summed E-state index contributed by atoms with van der Waals surface area (Å²) < 4.78 is 26.6. The number of nitrogens with one attached hydrogen (secondary N) is 2. The summed E-state index contributed by atoms with van der Waals surface area (Å²) in [6, 6.07) is 0.582. The van der Waals surface area contributed by atoms with Crippen LogP contribution in [-0.4, -0.2) is 55.9 Å². The summed E-state index contributed by atoms with van der Waals surface area (Å²) in [5, 5.41) is 13.9. The minimum atomic E-state index is -3.23. The number of ether oxygens (including phenoxy) is 1. The molecule has 0 aromatic heterocycles. The molecule has 0 aromatic rings. The summed E-state index contributed by atoms with van der Waals surface area (Å²) in [6.07, 6.45) is -2.79. The van der Waals surface area contributed by atoms with Gasteiger partial charge >= 0.3 is 12.4 Å². The molecule has 0 bridgehead atoms. The Bertz CT molecular complexity index is 204. The molecule has 2 atom stereocenters. The summed E-state index contributed by atoms with van der Waals surface area (Å²) in [6.45, 7) is 3.99. The lowest BCUT2D eigenvalue weighted by atomic mass is 10.2. The van der Waals surface area contributed by atoms with Crippen LogP contribution in [0, 0.1) is 0 Å². The monoisotopic (exact) mass is 224 g/mol. The highest BCUT2D eigenvalue weighted by Crippen LogP contribution is 2.07. The van der Waals surface area contributed by atoms with Crippen molar-refractivity contribution in [2.24, 2.45) is 0 Å². The second kappa shape index (κ2) is 5.94. The van der Waals surface area contributed by atoms with Crippen LogP contribution in [0.2, 0.25) is 0 Å². The minimum absolute atomic E-state index is 0.443. The number of hydrogen-bond donors (Lipinski definition) is 3. The zero-order valence-electron chi connectivity index (χ0n) is 8.08. The van der Waals surface area contributed by atoms with Gasteiger partial charge < -0.3 is 20.5 Å². The smallest absolute Gasteiger partial charge is 0.371 e. The Hall–Kier alpha value is -0.790. The van der Waals surface area contributed by atoms with Gasteiger partial charge in [0.1, 0.15) is 0 Å². The van der Waals surface area contributed by atoms with Gasteiger partial charge in [-0.2, -0.15) is 8.78 Å². The van der Waals surface area contributed by atoms with Gasteiger partial charge in [-0.25, -0.2) is 4.79 Å². The third-order valence-corrected chi connectivity index (χ3v) is 2.19. The molecular weight excluding hydrogens is 210 g/mol. The molecule has 0 radical (unpaired) electrons. The molecule has 0 aromatic carbocycles. The molecule has 0 spiro atoms. The predicted octanol–water partition coefficient (Wildman–Crippen LogP) is -0.717. The van der Waals surface area contributed by atoms with Gasteiger partial charge in [-0.1, -0.05) is 0 Å². The molecule has 3 N–H and O–H groups in total. The highest BCUT2D eigenvalue weighted by atomic mass is 19.3. The van der Waals surface area contributed by atoms with E-state index in [0.717, 1.165) is 26.2 Å². The van der Waals surface area contributed by atoms with E-state index in [1.165, 1.54) is 0 Å². The minimum Gasteiger partial charge on any atom is -0.477 e. The van der Waals surface area contributed by atoms with Crippen LogP contribution in [0.15, 0.2) is 0 Å². The van der Waals surface area contributed by atoms with E-state index < -0.39 is 12.4 Å². The van der Waals surface area contributed by atoms with Crippen LogP contribution in [0.4, 0.5) is 8.78 Å². The standard InChI is InChI=1S/C6H12N2O.C2H2F2O2/c1-2-9-6-4-7-3-5(6)8-1;3-1(4)2(5)6/h5-8H,1-4H2;1H,(H,5,6)/t5-,6-;/m1./s1. The van der Waals surface area contributed by atoms with Crippen LogP contribution >= 0.6 is 0 Å². The highest BCUT2D eigenvalue weighted by Gasteiger charge is 2.29. The SMILES string of the molecule is C1CO[C@@H]2CNC[C@H]2N1.O=C(O)C(F)F. The van der Waals surface area contributed by atoms with Crippen molar-refractivity contribution in [1.29, 1.82) is 0 Å². The van der Waals surface area contributed by atoms with Gasteiger partial charge in [-0.05, 0) is 0 Å². The van der Waals surface area contributed by atoms with Crippen LogP contribution in [0.5, 0.6) is 0 Å². The van der Waals surface area contributed by atoms with Gasteiger partial charge in [-0.15, -0.1) is 0 Å². The molecule has 5 nitrogen and oxygen atoms in total. The number of fused-ring (bicyclic) bond motifs is 1. The molecule has 2 fully saturated rings. The van der Waals surface area contributed by atoms with Crippen LogP contribution < -0.4 is 10.6 Å². The maximum Gasteiger partial charge on any atom is 0.371 e. The Balaban J connectivity index is 0.000000167. The number of alkyl halides is 2. The van der Waals surface area contributed by atoms with E-state index in [1.807, 2.05) is 0 Å². The van der Waals surface area contributed by atoms with Crippen LogP contribution in [0.25, 0.3) is 0 Å². The second-order valence-electron chi connectivity index (χ2n) is 3.27. The molecule has 2 rings (SSSR count). The number of hydrogen-bond acceptors (Lipinski definition) is 4. The van der Waals surface area contributed by atoms with Gasteiger partial charge in [0, 0.05) is 25.7 Å². The number of aliphatic carboxylic acids is 1. The summed E-state index contributed by atoms with van der Waals surface area (Å²) in [7, 11) is 0. The normalized spacial score (nSPS) is 29.3. The van der Waals surface area contributed by atoms with Gasteiger partial charge in [0.2, 0.25) is 0 Å². The van der Waals surface area contributed by atoms with Gasteiger partial charge in [0.15, 0.2) is 0 Å². The molecule has 0 saturated carbocycles. The first-order chi connectivity index (χ1) is 7.11. The van der Waals surface area contributed by atoms with Crippen molar-refractivity contribution < 1.29 is 23.4 Å². The van der Waals surface area contributed by atoms with E-state index in [4.69, 9.17) is 14.6 Å². The molecule has 7 heteroatoms. The molecule has 2 saturated heterocycles. The number of halogens is 2. The van der Waals surface area contributed by atoms with Crippen molar-refractivity contribution in [3.63, 3.8) is 0 Å². The number of carbonyl (C=O) groups is 1. The Kier molecular flexibility index (Phi) is 4.86. The molecule has 2 aliphatic heterocycles. The number of carboxylic acid groups (broad SMARTS) is 1. The van der Waals surface area contributed by atoms with E-state index >= 15 is 0 Å². The average molecular weight is 224 g/mol. The molecule has 2 aliphatic rings. The number of rotatable bonds is 1. The van der Waals surface area contributed by atoms with Gasteiger partial charge in [0.05, 0.1) is 12.7 Å². The molecule has 15 heavy (non-hydrogen) atoms. The fraction of sp³-hybridized carbons (Fsp3) is 0.875.